The van der Waals surface area contributed by atoms with Gasteiger partial charge in [-0.2, -0.15) is 0 Å². The third-order valence-corrected chi connectivity index (χ3v) is 9.70. The average Bonchev–Trinajstić information content (AvgIpc) is 3.30. The van der Waals surface area contributed by atoms with Gasteiger partial charge in [0.05, 0.1) is 29.5 Å². The Morgan fingerprint density at radius 3 is 2.38 bits per heavy atom. The third-order valence-electron chi connectivity index (χ3n) is 9.70. The molecule has 5 rings (SSSR count). The Bertz CT molecular complexity index is 760. The van der Waals surface area contributed by atoms with Crippen LogP contribution in [0.4, 0.5) is 0 Å². The summed E-state index contributed by atoms with van der Waals surface area (Å²) in [5, 5.41) is 47.1. The molecule has 0 aromatic carbocycles. The number of carbonyl (C=O) groups excluding carboxylic acids is 1. The molecule has 5 fully saturated rings. The van der Waals surface area contributed by atoms with Crippen molar-refractivity contribution in [3.63, 3.8) is 0 Å². The topological polar surface area (TPSA) is 120 Å². The lowest BCUT2D eigenvalue weighted by Gasteiger charge is -2.50. The van der Waals surface area contributed by atoms with Crippen LogP contribution < -0.4 is 0 Å². The van der Waals surface area contributed by atoms with Gasteiger partial charge in [-0.3, -0.25) is 4.79 Å². The Morgan fingerprint density at radius 1 is 1.10 bits per heavy atom. The molecule has 1 spiro atoms. The Kier molecular flexibility index (Phi) is 3.73. The van der Waals surface area contributed by atoms with Crippen LogP contribution >= 0.6 is 0 Å². The van der Waals surface area contributed by atoms with E-state index in [1.54, 1.807) is 13.8 Å². The summed E-state index contributed by atoms with van der Waals surface area (Å²) in [5.74, 6) is -1.61. The third kappa shape index (κ3) is 2.14. The number of ether oxygens (including phenoxy) is 2. The first kappa shape index (κ1) is 20.2. The van der Waals surface area contributed by atoms with E-state index in [1.807, 2.05) is 13.8 Å². The number of carbonyl (C=O) groups is 1. The number of rotatable bonds is 1. The number of fused-ring (bicyclic) bond motifs is 4. The van der Waals surface area contributed by atoms with Gasteiger partial charge < -0.3 is 29.9 Å². The lowest BCUT2D eigenvalue weighted by atomic mass is 9.58. The summed E-state index contributed by atoms with van der Waals surface area (Å²) in [6.45, 7) is 8.53. The van der Waals surface area contributed by atoms with E-state index < -0.39 is 51.7 Å². The van der Waals surface area contributed by atoms with Gasteiger partial charge in [0.2, 0.25) is 0 Å². The molecular formula is C22H34O7. The molecule has 0 unspecified atom stereocenters. The quantitative estimate of drug-likeness (QED) is 0.372. The average molecular weight is 411 g/mol. The first-order valence-corrected chi connectivity index (χ1v) is 10.9. The van der Waals surface area contributed by atoms with Crippen LogP contribution in [0, 0.1) is 28.6 Å². The first-order valence-electron chi connectivity index (χ1n) is 10.9. The molecule has 1 saturated heterocycles. The number of hydrogen-bond donors (Lipinski definition) is 4. The van der Waals surface area contributed by atoms with Crippen LogP contribution in [0.25, 0.3) is 0 Å². The molecule has 29 heavy (non-hydrogen) atoms. The Morgan fingerprint density at radius 2 is 1.76 bits per heavy atom. The highest BCUT2D eigenvalue weighted by molar-refractivity contribution is 5.66. The summed E-state index contributed by atoms with van der Waals surface area (Å²) < 4.78 is 11.6. The van der Waals surface area contributed by atoms with Crippen molar-refractivity contribution in [1.82, 2.24) is 0 Å². The molecule has 1 heterocycles. The summed E-state index contributed by atoms with van der Waals surface area (Å²) in [6.07, 6.45) is -0.740. The van der Waals surface area contributed by atoms with Crippen molar-refractivity contribution in [2.75, 3.05) is 0 Å². The van der Waals surface area contributed by atoms with Crippen LogP contribution in [0.15, 0.2) is 0 Å². The summed E-state index contributed by atoms with van der Waals surface area (Å²) in [4.78, 5) is 12.1. The number of aliphatic hydroxyl groups excluding tert-OH is 1. The van der Waals surface area contributed by atoms with Crippen LogP contribution in [-0.2, 0) is 14.3 Å². The zero-order chi connectivity index (χ0) is 21.4. The zero-order valence-electron chi connectivity index (χ0n) is 17.9. The Balaban J connectivity index is 1.74. The highest BCUT2D eigenvalue weighted by atomic mass is 16.6. The van der Waals surface area contributed by atoms with Crippen molar-refractivity contribution in [3.8, 4) is 0 Å². The molecule has 7 heteroatoms. The molecule has 11 atom stereocenters. The summed E-state index contributed by atoms with van der Waals surface area (Å²) in [5.41, 5.74) is -5.62. The van der Waals surface area contributed by atoms with Gasteiger partial charge in [0, 0.05) is 23.7 Å². The predicted octanol–water partition coefficient (Wildman–Crippen LogP) is 0.755. The smallest absolute Gasteiger partial charge is 0.303 e. The summed E-state index contributed by atoms with van der Waals surface area (Å²) in [7, 11) is 0. The van der Waals surface area contributed by atoms with E-state index in [0.29, 0.717) is 19.3 Å². The van der Waals surface area contributed by atoms with Gasteiger partial charge in [0.25, 0.3) is 0 Å². The molecule has 164 valence electrons. The van der Waals surface area contributed by atoms with Gasteiger partial charge in [-0.1, -0.05) is 13.8 Å². The maximum atomic E-state index is 12.2. The van der Waals surface area contributed by atoms with Crippen LogP contribution in [0.5, 0.6) is 0 Å². The first-order chi connectivity index (χ1) is 13.2. The minimum atomic E-state index is -1.65. The predicted molar refractivity (Wildman–Crippen MR) is 102 cm³/mol. The Hall–Kier alpha value is -0.730. The molecule has 5 aliphatic rings. The maximum Gasteiger partial charge on any atom is 0.303 e. The number of aliphatic hydroxyl groups is 4. The zero-order valence-corrected chi connectivity index (χ0v) is 17.9. The number of esters is 1. The molecule has 4 aliphatic carbocycles. The molecule has 0 amide bonds. The lowest BCUT2D eigenvalue weighted by Crippen LogP contribution is -2.65. The SMILES string of the molecule is CC(=O)O[C@@H]1[C@@H](O)[C@@]23C[C@@H](CC[C@H]2[C@@](C)(O)[C@H]2[C@@H]4O[C@@H]4C(C)(C)[C@@]12O)[C@](C)(O)C3. The van der Waals surface area contributed by atoms with E-state index in [2.05, 4.69) is 0 Å². The monoisotopic (exact) mass is 410 g/mol. The highest BCUT2D eigenvalue weighted by Crippen LogP contribution is 2.73. The van der Waals surface area contributed by atoms with E-state index in [-0.39, 0.29) is 24.0 Å². The van der Waals surface area contributed by atoms with E-state index in [1.165, 1.54) is 6.92 Å². The maximum absolute atomic E-state index is 12.2. The highest BCUT2D eigenvalue weighted by Gasteiger charge is 2.84. The molecule has 0 aromatic heterocycles. The molecule has 0 aromatic rings. The van der Waals surface area contributed by atoms with Gasteiger partial charge >= 0.3 is 5.97 Å². The van der Waals surface area contributed by atoms with Crippen molar-refractivity contribution >= 4 is 5.97 Å². The van der Waals surface area contributed by atoms with Crippen LogP contribution in [-0.4, -0.2) is 67.6 Å². The molecule has 4 saturated carbocycles. The van der Waals surface area contributed by atoms with Gasteiger partial charge in [0.1, 0.15) is 5.60 Å². The van der Waals surface area contributed by atoms with Crippen molar-refractivity contribution in [2.45, 2.75) is 102 Å². The normalized spacial score (nSPS) is 61.9. The molecule has 2 bridgehead atoms. The molecule has 1 aliphatic heterocycles. The second-order valence-corrected chi connectivity index (χ2v) is 11.5. The fourth-order valence-corrected chi connectivity index (χ4v) is 8.45. The van der Waals surface area contributed by atoms with Crippen molar-refractivity contribution < 1.29 is 34.7 Å². The lowest BCUT2D eigenvalue weighted by molar-refractivity contribution is -0.242. The summed E-state index contributed by atoms with van der Waals surface area (Å²) in [6, 6.07) is 0. The fraction of sp³-hybridized carbons (Fsp3) is 0.955. The van der Waals surface area contributed by atoms with Crippen molar-refractivity contribution in [2.24, 2.45) is 28.6 Å². The molecular weight excluding hydrogens is 376 g/mol. The fourth-order valence-electron chi connectivity index (χ4n) is 8.45. The largest absolute Gasteiger partial charge is 0.457 e. The summed E-state index contributed by atoms with van der Waals surface area (Å²) >= 11 is 0. The van der Waals surface area contributed by atoms with Crippen LogP contribution in [0.2, 0.25) is 0 Å². The van der Waals surface area contributed by atoms with Crippen LogP contribution in [0.3, 0.4) is 0 Å². The molecule has 0 radical (unpaired) electrons. The van der Waals surface area contributed by atoms with Crippen molar-refractivity contribution in [3.05, 3.63) is 0 Å². The van der Waals surface area contributed by atoms with E-state index in [4.69, 9.17) is 9.47 Å². The van der Waals surface area contributed by atoms with Gasteiger partial charge in [0.15, 0.2) is 6.10 Å². The standard InChI is InChI=1S/C22H34O7/c1-10(23)28-17-15(24)21-8-11(19(4,25)9-21)6-7-12(21)20(5,26)14-13-16(29-13)18(2,3)22(14,17)27/h11-17,24-27H,6-9H2,1-5H3/t11-,12+,13+,14-,15-,16+,17-,19-,20-,21-,22+/m1/s1. The second kappa shape index (κ2) is 5.36. The Labute approximate surface area is 171 Å². The second-order valence-electron chi connectivity index (χ2n) is 11.5. The van der Waals surface area contributed by atoms with Gasteiger partial charge in [-0.25, -0.2) is 0 Å². The van der Waals surface area contributed by atoms with Crippen LogP contribution in [0.1, 0.15) is 60.3 Å². The number of hydrogen-bond acceptors (Lipinski definition) is 7. The molecule has 7 nitrogen and oxygen atoms in total. The minimum absolute atomic E-state index is 0.00713. The minimum Gasteiger partial charge on any atom is -0.457 e. The van der Waals surface area contributed by atoms with E-state index in [0.717, 1.165) is 6.42 Å². The van der Waals surface area contributed by atoms with Crippen molar-refractivity contribution in [1.29, 1.82) is 0 Å². The van der Waals surface area contributed by atoms with Gasteiger partial charge in [-0.15, -0.1) is 0 Å². The molecule has 4 N–H and O–H groups in total. The number of epoxide rings is 1. The van der Waals surface area contributed by atoms with Gasteiger partial charge in [-0.05, 0) is 51.4 Å². The van der Waals surface area contributed by atoms with E-state index in [9.17, 15) is 25.2 Å². The van der Waals surface area contributed by atoms with E-state index >= 15 is 0 Å².